The van der Waals surface area contributed by atoms with Crippen LogP contribution in [0.25, 0.3) is 0 Å². The van der Waals surface area contributed by atoms with Crippen LogP contribution in [0.3, 0.4) is 0 Å². The van der Waals surface area contributed by atoms with Crippen LogP contribution in [0.1, 0.15) is 20.3 Å². The lowest BCUT2D eigenvalue weighted by molar-refractivity contribution is 0.0307. The third-order valence-corrected chi connectivity index (χ3v) is 2.20. The third-order valence-electron chi connectivity index (χ3n) is 2.20. The van der Waals surface area contributed by atoms with Gasteiger partial charge in [0.05, 0.1) is 0 Å². The van der Waals surface area contributed by atoms with Gasteiger partial charge in [-0.05, 0) is 32.0 Å². The van der Waals surface area contributed by atoms with Crippen LogP contribution in [0.15, 0.2) is 0 Å². The van der Waals surface area contributed by atoms with Gasteiger partial charge >= 0.3 is 0 Å². The Kier molecular flexibility index (Phi) is 2.90. The van der Waals surface area contributed by atoms with Gasteiger partial charge in [-0.25, -0.2) is 0 Å². The number of nitrogens with one attached hydrogen (secondary N) is 1. The highest BCUT2D eigenvalue weighted by Gasteiger charge is 2.32. The van der Waals surface area contributed by atoms with Crippen LogP contribution in [0.5, 0.6) is 0 Å². The van der Waals surface area contributed by atoms with E-state index in [4.69, 9.17) is 0 Å². The Balaban J connectivity index is 1.96. The van der Waals surface area contributed by atoms with E-state index in [1.807, 2.05) is 7.05 Å². The van der Waals surface area contributed by atoms with E-state index in [1.54, 1.807) is 0 Å². The summed E-state index contributed by atoms with van der Waals surface area (Å²) in [5, 5.41) is 3.17. The highest BCUT2D eigenvalue weighted by molar-refractivity contribution is 4.87. The zero-order chi connectivity index (χ0) is 8.32. The molecule has 1 saturated heterocycles. The Morgan fingerprint density at radius 3 is 2.45 bits per heavy atom. The smallest absolute Gasteiger partial charge is 0.00452 e. The first-order valence-electron chi connectivity index (χ1n) is 4.51. The van der Waals surface area contributed by atoms with Crippen molar-refractivity contribution in [2.75, 3.05) is 33.2 Å². The van der Waals surface area contributed by atoms with Gasteiger partial charge in [-0.2, -0.15) is 0 Å². The fourth-order valence-corrected chi connectivity index (χ4v) is 1.80. The molecule has 0 aromatic rings. The number of nitrogens with zero attached hydrogens (tertiary/aromatic N) is 1. The monoisotopic (exact) mass is 156 g/mol. The topological polar surface area (TPSA) is 15.3 Å². The quantitative estimate of drug-likeness (QED) is 0.609. The Labute approximate surface area is 70.0 Å². The summed E-state index contributed by atoms with van der Waals surface area (Å²) in [6.07, 6.45) is 1.28. The molecule has 0 unspecified atom stereocenters. The van der Waals surface area contributed by atoms with E-state index < -0.39 is 0 Å². The standard InChI is InChI=1S/C9H20N2/c1-9(2)7-11(8-9)6-4-5-10-3/h10H,4-8H2,1-3H3. The van der Waals surface area contributed by atoms with E-state index >= 15 is 0 Å². The lowest BCUT2D eigenvalue weighted by Gasteiger charge is -2.46. The molecule has 1 N–H and O–H groups in total. The first kappa shape index (κ1) is 9.01. The van der Waals surface area contributed by atoms with E-state index in [2.05, 4.69) is 24.1 Å². The minimum atomic E-state index is 0.597. The third kappa shape index (κ3) is 2.80. The maximum atomic E-state index is 3.17. The van der Waals surface area contributed by atoms with Crippen molar-refractivity contribution in [2.24, 2.45) is 5.41 Å². The largest absolute Gasteiger partial charge is 0.320 e. The number of likely N-dealkylation sites (tertiary alicyclic amines) is 1. The summed E-state index contributed by atoms with van der Waals surface area (Å²) < 4.78 is 0. The second-order valence-electron chi connectivity index (χ2n) is 4.33. The van der Waals surface area contributed by atoms with Crippen LogP contribution in [-0.2, 0) is 0 Å². The SMILES string of the molecule is CNCCCN1CC(C)(C)C1. The molecular weight excluding hydrogens is 136 g/mol. The Morgan fingerprint density at radius 1 is 1.36 bits per heavy atom. The highest BCUT2D eigenvalue weighted by atomic mass is 15.2. The average molecular weight is 156 g/mol. The minimum absolute atomic E-state index is 0.597. The fourth-order valence-electron chi connectivity index (χ4n) is 1.80. The summed E-state index contributed by atoms with van der Waals surface area (Å²) in [5.74, 6) is 0. The molecule has 2 heteroatoms. The molecule has 1 heterocycles. The average Bonchev–Trinajstić information content (AvgIpc) is 1.84. The Morgan fingerprint density at radius 2 is 2.00 bits per heavy atom. The van der Waals surface area contributed by atoms with Gasteiger partial charge in [0.25, 0.3) is 0 Å². The van der Waals surface area contributed by atoms with E-state index in [0.717, 1.165) is 6.54 Å². The van der Waals surface area contributed by atoms with Crippen LogP contribution < -0.4 is 5.32 Å². The first-order chi connectivity index (χ1) is 5.14. The van der Waals surface area contributed by atoms with Gasteiger partial charge in [0.2, 0.25) is 0 Å². The lowest BCUT2D eigenvalue weighted by atomic mass is 9.84. The predicted octanol–water partition coefficient (Wildman–Crippen LogP) is 0.938. The fraction of sp³-hybridized carbons (Fsp3) is 1.00. The molecule has 1 rings (SSSR count). The van der Waals surface area contributed by atoms with Crippen molar-refractivity contribution in [3.8, 4) is 0 Å². The van der Waals surface area contributed by atoms with Crippen molar-refractivity contribution >= 4 is 0 Å². The molecule has 0 atom stereocenters. The molecule has 0 aromatic carbocycles. The molecule has 1 aliphatic heterocycles. The maximum Gasteiger partial charge on any atom is 0.00452 e. The summed E-state index contributed by atoms with van der Waals surface area (Å²) in [6.45, 7) is 9.66. The second kappa shape index (κ2) is 3.55. The Bertz CT molecular complexity index is 113. The molecule has 2 nitrogen and oxygen atoms in total. The molecule has 0 aliphatic carbocycles. The Hall–Kier alpha value is -0.0800. The van der Waals surface area contributed by atoms with Crippen LogP contribution >= 0.6 is 0 Å². The van der Waals surface area contributed by atoms with Crippen molar-refractivity contribution in [3.63, 3.8) is 0 Å². The van der Waals surface area contributed by atoms with Gasteiger partial charge in [0, 0.05) is 13.1 Å². The van der Waals surface area contributed by atoms with Gasteiger partial charge in [0.1, 0.15) is 0 Å². The van der Waals surface area contributed by atoms with E-state index in [0.29, 0.717) is 5.41 Å². The van der Waals surface area contributed by atoms with Crippen LogP contribution in [-0.4, -0.2) is 38.1 Å². The number of hydrogen-bond donors (Lipinski definition) is 1. The summed E-state index contributed by atoms with van der Waals surface area (Å²) in [7, 11) is 2.01. The van der Waals surface area contributed by atoms with Gasteiger partial charge in [0.15, 0.2) is 0 Å². The van der Waals surface area contributed by atoms with E-state index in [9.17, 15) is 0 Å². The van der Waals surface area contributed by atoms with Crippen LogP contribution in [0.4, 0.5) is 0 Å². The molecule has 1 fully saturated rings. The zero-order valence-electron chi connectivity index (χ0n) is 7.98. The molecule has 11 heavy (non-hydrogen) atoms. The molecule has 0 saturated carbocycles. The predicted molar refractivity (Wildman–Crippen MR) is 48.8 cm³/mol. The first-order valence-corrected chi connectivity index (χ1v) is 4.51. The van der Waals surface area contributed by atoms with E-state index in [-0.39, 0.29) is 0 Å². The van der Waals surface area contributed by atoms with Crippen molar-refractivity contribution in [2.45, 2.75) is 20.3 Å². The zero-order valence-corrected chi connectivity index (χ0v) is 7.98. The lowest BCUT2D eigenvalue weighted by Crippen LogP contribution is -2.53. The molecular formula is C9H20N2. The molecule has 0 bridgehead atoms. The van der Waals surface area contributed by atoms with Gasteiger partial charge in [-0.1, -0.05) is 13.8 Å². The van der Waals surface area contributed by atoms with Crippen molar-refractivity contribution in [1.29, 1.82) is 0 Å². The molecule has 0 spiro atoms. The maximum absolute atomic E-state index is 3.17. The molecule has 0 amide bonds. The minimum Gasteiger partial charge on any atom is -0.320 e. The van der Waals surface area contributed by atoms with Crippen molar-refractivity contribution < 1.29 is 0 Å². The summed E-state index contributed by atoms with van der Waals surface area (Å²) in [4.78, 5) is 2.53. The van der Waals surface area contributed by atoms with Crippen molar-refractivity contribution in [1.82, 2.24) is 10.2 Å². The van der Waals surface area contributed by atoms with E-state index in [1.165, 1.54) is 26.1 Å². The molecule has 1 aliphatic rings. The molecule has 66 valence electrons. The van der Waals surface area contributed by atoms with Crippen LogP contribution in [0.2, 0.25) is 0 Å². The second-order valence-corrected chi connectivity index (χ2v) is 4.33. The molecule has 0 radical (unpaired) electrons. The molecule has 0 aromatic heterocycles. The van der Waals surface area contributed by atoms with Crippen molar-refractivity contribution in [3.05, 3.63) is 0 Å². The summed E-state index contributed by atoms with van der Waals surface area (Å²) in [5.41, 5.74) is 0.597. The normalized spacial score (nSPS) is 23.2. The van der Waals surface area contributed by atoms with Gasteiger partial charge in [-0.3, -0.25) is 0 Å². The number of rotatable bonds is 4. The number of hydrogen-bond acceptors (Lipinski definition) is 2. The van der Waals surface area contributed by atoms with Gasteiger partial charge in [-0.15, -0.1) is 0 Å². The van der Waals surface area contributed by atoms with Gasteiger partial charge < -0.3 is 10.2 Å². The summed E-state index contributed by atoms with van der Waals surface area (Å²) in [6, 6.07) is 0. The highest BCUT2D eigenvalue weighted by Crippen LogP contribution is 2.28. The van der Waals surface area contributed by atoms with Crippen LogP contribution in [0, 0.1) is 5.41 Å². The summed E-state index contributed by atoms with van der Waals surface area (Å²) >= 11 is 0.